The van der Waals surface area contributed by atoms with E-state index in [-0.39, 0.29) is 0 Å². The van der Waals surface area contributed by atoms with E-state index in [0.717, 1.165) is 6.42 Å². The summed E-state index contributed by atoms with van der Waals surface area (Å²) in [5.74, 6) is 0. The number of rotatable bonds is 5. The quantitative estimate of drug-likeness (QED) is 0.655. The highest BCUT2D eigenvalue weighted by molar-refractivity contribution is 5.40. The molecule has 1 N–H and O–H groups in total. The highest BCUT2D eigenvalue weighted by Crippen LogP contribution is 2.14. The molecule has 0 saturated carbocycles. The normalized spacial score (nSPS) is 14.1. The molecule has 78 valence electrons. The summed E-state index contributed by atoms with van der Waals surface area (Å²) >= 11 is 0. The Hall–Kier alpha value is -1.24. The fourth-order valence-corrected chi connectivity index (χ4v) is 1.21. The van der Waals surface area contributed by atoms with Gasteiger partial charge in [-0.25, -0.2) is 0 Å². The Balaban J connectivity index is 5.08. The van der Waals surface area contributed by atoms with Gasteiger partial charge in [-0.05, 0) is 37.5 Å². The molecule has 0 aromatic rings. The first kappa shape index (κ1) is 12.8. The monoisotopic (exact) mass is 191 g/mol. The molecular weight excluding hydrogens is 170 g/mol. The Morgan fingerprint density at radius 2 is 2.07 bits per heavy atom. The van der Waals surface area contributed by atoms with Crippen molar-refractivity contribution in [2.24, 2.45) is 0 Å². The molecule has 0 rings (SSSR count). The minimum absolute atomic E-state index is 1.02. The van der Waals surface area contributed by atoms with E-state index in [0.29, 0.717) is 0 Å². The summed E-state index contributed by atoms with van der Waals surface area (Å²) in [6.07, 6.45) is 9.21. The third kappa shape index (κ3) is 4.13. The predicted molar refractivity (Wildman–Crippen MR) is 65.1 cm³/mol. The Morgan fingerprint density at radius 1 is 1.43 bits per heavy atom. The minimum Gasteiger partial charge on any atom is -0.392 e. The Labute approximate surface area is 87.9 Å². The van der Waals surface area contributed by atoms with E-state index >= 15 is 0 Å². The predicted octanol–water partition coefficient (Wildman–Crippen LogP) is 3.58. The van der Waals surface area contributed by atoms with Crippen LogP contribution in [0.25, 0.3) is 0 Å². The summed E-state index contributed by atoms with van der Waals surface area (Å²) in [4.78, 5) is 0. The molecule has 0 atom stereocenters. The van der Waals surface area contributed by atoms with Gasteiger partial charge in [-0.15, -0.1) is 0 Å². The lowest BCUT2D eigenvalue weighted by Crippen LogP contribution is -2.02. The first-order valence-corrected chi connectivity index (χ1v) is 5.03. The highest BCUT2D eigenvalue weighted by atomic mass is 14.8. The molecule has 0 radical (unpaired) electrons. The fourth-order valence-electron chi connectivity index (χ4n) is 1.21. The van der Waals surface area contributed by atoms with Crippen LogP contribution in [0.3, 0.4) is 0 Å². The second-order valence-corrected chi connectivity index (χ2v) is 3.12. The molecule has 0 aromatic heterocycles. The van der Waals surface area contributed by atoms with Crippen LogP contribution >= 0.6 is 0 Å². The minimum atomic E-state index is 1.02. The van der Waals surface area contributed by atoms with Gasteiger partial charge in [-0.3, -0.25) is 0 Å². The van der Waals surface area contributed by atoms with E-state index in [9.17, 15) is 0 Å². The summed E-state index contributed by atoms with van der Waals surface area (Å²) < 4.78 is 0. The highest BCUT2D eigenvalue weighted by Gasteiger charge is 1.96. The summed E-state index contributed by atoms with van der Waals surface area (Å²) in [5.41, 5.74) is 3.68. The van der Waals surface area contributed by atoms with Crippen molar-refractivity contribution in [1.29, 1.82) is 0 Å². The summed E-state index contributed by atoms with van der Waals surface area (Å²) in [6, 6.07) is 0. The van der Waals surface area contributed by atoms with Crippen molar-refractivity contribution in [2.75, 3.05) is 7.05 Å². The van der Waals surface area contributed by atoms with E-state index < -0.39 is 0 Å². The SMILES string of the molecule is C=CC(/C=C\C)=C(\C=C(/C)NC)CC. The Morgan fingerprint density at radius 3 is 2.43 bits per heavy atom. The van der Waals surface area contributed by atoms with Crippen molar-refractivity contribution in [3.8, 4) is 0 Å². The van der Waals surface area contributed by atoms with E-state index in [1.165, 1.54) is 16.8 Å². The van der Waals surface area contributed by atoms with Crippen molar-refractivity contribution in [1.82, 2.24) is 5.32 Å². The first-order chi connectivity index (χ1) is 6.69. The molecule has 1 heteroatoms. The molecule has 0 aromatic carbocycles. The van der Waals surface area contributed by atoms with Gasteiger partial charge in [0.25, 0.3) is 0 Å². The maximum Gasteiger partial charge on any atom is 0.00754 e. The average molecular weight is 191 g/mol. The molecule has 0 fully saturated rings. The Kier molecular flexibility index (Phi) is 6.55. The fraction of sp³-hybridized carbons (Fsp3) is 0.385. The lowest BCUT2D eigenvalue weighted by atomic mass is 10.0. The number of allylic oxidation sites excluding steroid dienone is 7. The molecule has 0 aliphatic rings. The van der Waals surface area contributed by atoms with Crippen LogP contribution < -0.4 is 5.32 Å². The molecule has 14 heavy (non-hydrogen) atoms. The Bertz CT molecular complexity index is 267. The van der Waals surface area contributed by atoms with Crippen molar-refractivity contribution in [2.45, 2.75) is 27.2 Å². The van der Waals surface area contributed by atoms with Gasteiger partial charge in [0.2, 0.25) is 0 Å². The van der Waals surface area contributed by atoms with Crippen LogP contribution in [0, 0.1) is 0 Å². The average Bonchev–Trinajstić information content (AvgIpc) is 2.22. The second-order valence-electron chi connectivity index (χ2n) is 3.12. The van der Waals surface area contributed by atoms with Crippen LogP contribution in [0.2, 0.25) is 0 Å². The van der Waals surface area contributed by atoms with Crippen LogP contribution in [-0.4, -0.2) is 7.05 Å². The van der Waals surface area contributed by atoms with Gasteiger partial charge in [0, 0.05) is 12.7 Å². The van der Waals surface area contributed by atoms with Gasteiger partial charge in [0.05, 0.1) is 0 Å². The largest absolute Gasteiger partial charge is 0.392 e. The lowest BCUT2D eigenvalue weighted by Gasteiger charge is -2.05. The first-order valence-electron chi connectivity index (χ1n) is 5.03. The van der Waals surface area contributed by atoms with Gasteiger partial charge in [-0.2, -0.15) is 0 Å². The van der Waals surface area contributed by atoms with E-state index in [2.05, 4.69) is 37.9 Å². The number of nitrogens with one attached hydrogen (secondary N) is 1. The van der Waals surface area contributed by atoms with Gasteiger partial charge >= 0.3 is 0 Å². The molecule has 0 spiro atoms. The molecule has 1 nitrogen and oxygen atoms in total. The van der Waals surface area contributed by atoms with E-state index in [4.69, 9.17) is 0 Å². The summed E-state index contributed by atoms with van der Waals surface area (Å²) in [6.45, 7) is 10.1. The molecule has 0 heterocycles. The van der Waals surface area contributed by atoms with Crippen molar-refractivity contribution in [3.63, 3.8) is 0 Å². The molecular formula is C13H21N. The van der Waals surface area contributed by atoms with Crippen LogP contribution in [0.5, 0.6) is 0 Å². The third-order valence-electron chi connectivity index (χ3n) is 2.10. The van der Waals surface area contributed by atoms with Crippen LogP contribution in [0.4, 0.5) is 0 Å². The van der Waals surface area contributed by atoms with Crippen molar-refractivity contribution in [3.05, 3.63) is 47.7 Å². The summed E-state index contributed by atoms with van der Waals surface area (Å²) in [5, 5.41) is 3.12. The molecule has 0 unspecified atom stereocenters. The topological polar surface area (TPSA) is 12.0 Å². The van der Waals surface area contributed by atoms with E-state index in [1.807, 2.05) is 26.1 Å². The van der Waals surface area contributed by atoms with Crippen LogP contribution in [0.1, 0.15) is 27.2 Å². The summed E-state index contributed by atoms with van der Waals surface area (Å²) in [7, 11) is 1.93. The zero-order valence-corrected chi connectivity index (χ0v) is 9.72. The number of hydrogen-bond acceptors (Lipinski definition) is 1. The van der Waals surface area contributed by atoms with Crippen LogP contribution in [0.15, 0.2) is 47.7 Å². The second kappa shape index (κ2) is 7.19. The zero-order valence-electron chi connectivity index (χ0n) is 9.72. The maximum absolute atomic E-state index is 3.82. The molecule has 0 saturated heterocycles. The van der Waals surface area contributed by atoms with Gasteiger partial charge in [0.1, 0.15) is 0 Å². The van der Waals surface area contributed by atoms with Gasteiger partial charge < -0.3 is 5.32 Å². The van der Waals surface area contributed by atoms with Crippen molar-refractivity contribution >= 4 is 0 Å². The van der Waals surface area contributed by atoms with Gasteiger partial charge in [-0.1, -0.05) is 31.7 Å². The number of hydrogen-bond donors (Lipinski definition) is 1. The molecule has 0 amide bonds. The van der Waals surface area contributed by atoms with E-state index in [1.54, 1.807) is 0 Å². The zero-order chi connectivity index (χ0) is 11.0. The van der Waals surface area contributed by atoms with Crippen LogP contribution in [-0.2, 0) is 0 Å². The lowest BCUT2D eigenvalue weighted by molar-refractivity contribution is 0.976. The molecule has 0 aliphatic carbocycles. The smallest absolute Gasteiger partial charge is 0.00754 e. The maximum atomic E-state index is 3.82. The van der Waals surface area contributed by atoms with Gasteiger partial charge in [0.15, 0.2) is 0 Å². The molecule has 0 bridgehead atoms. The standard InChI is InChI=1S/C13H21N/c1-6-9-12(7-2)13(8-3)10-11(4)14-5/h6-7,9-10,14H,2,8H2,1,3-5H3/b9-6-,11-10+,13-12+. The third-order valence-corrected chi connectivity index (χ3v) is 2.10. The van der Waals surface area contributed by atoms with Crippen molar-refractivity contribution < 1.29 is 0 Å². The molecule has 0 aliphatic heterocycles.